The summed E-state index contributed by atoms with van der Waals surface area (Å²) < 4.78 is 1.97. The van der Waals surface area contributed by atoms with Gasteiger partial charge in [0.25, 0.3) is 0 Å². The van der Waals surface area contributed by atoms with Gasteiger partial charge in [-0.1, -0.05) is 48.5 Å². The molecule has 156 valence electrons. The van der Waals surface area contributed by atoms with Gasteiger partial charge in [0.2, 0.25) is 0 Å². The number of likely N-dealkylation sites (tertiary alicyclic amines) is 1. The van der Waals surface area contributed by atoms with Crippen LogP contribution in [0.2, 0.25) is 0 Å². The summed E-state index contributed by atoms with van der Waals surface area (Å²) in [6.45, 7) is 4.02. The SMILES string of the molecule is c1ccc(CN2CCC(NCc3cn(-c4ccccc4)nc3-c3cccnc3)C2)cc1. The molecule has 4 aromatic rings. The molecule has 5 nitrogen and oxygen atoms in total. The molecule has 1 unspecified atom stereocenters. The maximum atomic E-state index is 4.89. The highest BCUT2D eigenvalue weighted by atomic mass is 15.3. The molecule has 31 heavy (non-hydrogen) atoms. The number of rotatable bonds is 7. The van der Waals surface area contributed by atoms with Crippen molar-refractivity contribution in [2.75, 3.05) is 13.1 Å². The van der Waals surface area contributed by atoms with Crippen LogP contribution in [0.5, 0.6) is 0 Å². The van der Waals surface area contributed by atoms with Gasteiger partial charge in [0.15, 0.2) is 0 Å². The molecule has 0 amide bonds. The van der Waals surface area contributed by atoms with E-state index in [0.717, 1.165) is 43.1 Å². The van der Waals surface area contributed by atoms with Crippen LogP contribution in [0.15, 0.2) is 91.4 Å². The first-order chi connectivity index (χ1) is 15.3. The zero-order valence-electron chi connectivity index (χ0n) is 17.6. The van der Waals surface area contributed by atoms with E-state index in [0.29, 0.717) is 6.04 Å². The summed E-state index contributed by atoms with van der Waals surface area (Å²) in [5.74, 6) is 0. The summed E-state index contributed by atoms with van der Waals surface area (Å²) in [5, 5.41) is 8.67. The predicted molar refractivity (Wildman–Crippen MR) is 124 cm³/mol. The Hall–Kier alpha value is -3.28. The van der Waals surface area contributed by atoms with Crippen molar-refractivity contribution in [1.29, 1.82) is 0 Å². The molecule has 2 aromatic heterocycles. The largest absolute Gasteiger partial charge is 0.308 e. The first-order valence-electron chi connectivity index (χ1n) is 10.9. The Labute approximate surface area is 183 Å². The summed E-state index contributed by atoms with van der Waals surface area (Å²) >= 11 is 0. The van der Waals surface area contributed by atoms with Crippen LogP contribution in [-0.4, -0.2) is 38.8 Å². The molecule has 1 saturated heterocycles. The molecule has 3 heterocycles. The number of para-hydroxylation sites is 1. The molecule has 1 aliphatic rings. The topological polar surface area (TPSA) is 46.0 Å². The molecule has 1 aliphatic heterocycles. The second-order valence-electron chi connectivity index (χ2n) is 8.11. The monoisotopic (exact) mass is 409 g/mol. The maximum Gasteiger partial charge on any atom is 0.0988 e. The van der Waals surface area contributed by atoms with E-state index in [-0.39, 0.29) is 0 Å². The number of pyridine rings is 1. The van der Waals surface area contributed by atoms with Crippen LogP contribution < -0.4 is 5.32 Å². The van der Waals surface area contributed by atoms with Gasteiger partial charge in [-0.25, -0.2) is 4.68 Å². The number of nitrogens with zero attached hydrogens (tertiary/aromatic N) is 4. The Morgan fingerprint density at radius 2 is 1.74 bits per heavy atom. The van der Waals surface area contributed by atoms with Crippen LogP contribution in [0.1, 0.15) is 17.5 Å². The fourth-order valence-electron chi connectivity index (χ4n) is 4.24. The third kappa shape index (κ3) is 4.74. The Bertz CT molecular complexity index is 1090. The Morgan fingerprint density at radius 3 is 2.52 bits per heavy atom. The van der Waals surface area contributed by atoms with Gasteiger partial charge in [0.1, 0.15) is 0 Å². The zero-order valence-corrected chi connectivity index (χ0v) is 17.6. The number of hydrogen-bond donors (Lipinski definition) is 1. The van der Waals surface area contributed by atoms with E-state index in [1.165, 1.54) is 17.5 Å². The molecule has 1 atom stereocenters. The Morgan fingerprint density at radius 1 is 0.935 bits per heavy atom. The number of aromatic nitrogens is 3. The van der Waals surface area contributed by atoms with Gasteiger partial charge in [0.05, 0.1) is 11.4 Å². The summed E-state index contributed by atoms with van der Waals surface area (Å²) in [5.41, 5.74) is 5.67. The van der Waals surface area contributed by atoms with E-state index in [2.05, 4.69) is 69.9 Å². The molecule has 1 N–H and O–H groups in total. The lowest BCUT2D eigenvalue weighted by Gasteiger charge is -2.17. The highest BCUT2D eigenvalue weighted by Crippen LogP contribution is 2.23. The lowest BCUT2D eigenvalue weighted by molar-refractivity contribution is 0.320. The molecule has 0 bridgehead atoms. The van der Waals surface area contributed by atoms with Crippen molar-refractivity contribution in [1.82, 2.24) is 25.0 Å². The van der Waals surface area contributed by atoms with E-state index < -0.39 is 0 Å². The van der Waals surface area contributed by atoms with E-state index >= 15 is 0 Å². The molecule has 0 spiro atoms. The molecule has 0 aliphatic carbocycles. The highest BCUT2D eigenvalue weighted by molar-refractivity contribution is 5.62. The maximum absolute atomic E-state index is 4.89. The van der Waals surface area contributed by atoms with Crippen molar-refractivity contribution in [3.8, 4) is 16.9 Å². The summed E-state index contributed by atoms with van der Waals surface area (Å²) in [4.78, 5) is 6.83. The van der Waals surface area contributed by atoms with Crippen molar-refractivity contribution < 1.29 is 0 Å². The number of hydrogen-bond acceptors (Lipinski definition) is 4. The van der Waals surface area contributed by atoms with Crippen LogP contribution in [0.4, 0.5) is 0 Å². The van der Waals surface area contributed by atoms with Crippen LogP contribution in [0, 0.1) is 0 Å². The minimum atomic E-state index is 0.491. The zero-order chi connectivity index (χ0) is 20.9. The molecule has 1 fully saturated rings. The van der Waals surface area contributed by atoms with E-state index in [1.54, 1.807) is 6.20 Å². The van der Waals surface area contributed by atoms with Gasteiger partial charge in [0, 0.05) is 61.9 Å². The smallest absolute Gasteiger partial charge is 0.0988 e. The van der Waals surface area contributed by atoms with Crippen LogP contribution in [0.3, 0.4) is 0 Å². The molecule has 5 heteroatoms. The standard InChI is InChI=1S/C26H27N5/c1-3-8-21(9-4-1)18-30-15-13-24(20-30)28-17-23-19-31(25-11-5-2-6-12-25)29-26(23)22-10-7-14-27-16-22/h1-12,14,16,19,24,28H,13,15,17-18,20H2. The van der Waals surface area contributed by atoms with Gasteiger partial charge in [-0.05, 0) is 36.2 Å². The first kappa shape index (κ1) is 19.7. The second-order valence-corrected chi connectivity index (χ2v) is 8.11. The van der Waals surface area contributed by atoms with E-state index in [9.17, 15) is 0 Å². The van der Waals surface area contributed by atoms with Gasteiger partial charge in [-0.15, -0.1) is 0 Å². The minimum Gasteiger partial charge on any atom is -0.308 e. The lowest BCUT2D eigenvalue weighted by atomic mass is 10.1. The van der Waals surface area contributed by atoms with Crippen LogP contribution >= 0.6 is 0 Å². The van der Waals surface area contributed by atoms with Crippen LogP contribution in [0.25, 0.3) is 16.9 Å². The van der Waals surface area contributed by atoms with Gasteiger partial charge < -0.3 is 5.32 Å². The van der Waals surface area contributed by atoms with Crippen molar-refractivity contribution in [2.24, 2.45) is 0 Å². The van der Waals surface area contributed by atoms with Gasteiger partial charge in [-0.3, -0.25) is 9.88 Å². The van der Waals surface area contributed by atoms with Gasteiger partial charge in [-0.2, -0.15) is 5.10 Å². The van der Waals surface area contributed by atoms with Crippen molar-refractivity contribution in [3.63, 3.8) is 0 Å². The Kier molecular flexibility index (Phi) is 5.87. The summed E-state index contributed by atoms with van der Waals surface area (Å²) in [6.07, 6.45) is 7.00. The molecule has 5 rings (SSSR count). The van der Waals surface area contributed by atoms with E-state index in [1.807, 2.05) is 35.1 Å². The van der Waals surface area contributed by atoms with Crippen molar-refractivity contribution >= 4 is 0 Å². The average molecular weight is 410 g/mol. The molecule has 2 aromatic carbocycles. The predicted octanol–water partition coefficient (Wildman–Crippen LogP) is 4.30. The summed E-state index contributed by atoms with van der Waals surface area (Å²) in [6, 6.07) is 25.5. The highest BCUT2D eigenvalue weighted by Gasteiger charge is 2.23. The Balaban J connectivity index is 1.29. The minimum absolute atomic E-state index is 0.491. The van der Waals surface area contributed by atoms with Crippen molar-refractivity contribution in [3.05, 3.63) is 103 Å². The molecular weight excluding hydrogens is 382 g/mol. The quantitative estimate of drug-likeness (QED) is 0.494. The third-order valence-corrected chi connectivity index (χ3v) is 5.85. The fourth-order valence-corrected chi connectivity index (χ4v) is 4.24. The normalized spacial score (nSPS) is 16.6. The first-order valence-corrected chi connectivity index (χ1v) is 10.9. The number of benzene rings is 2. The number of nitrogens with one attached hydrogen (secondary N) is 1. The molecular formula is C26H27N5. The molecule has 0 saturated carbocycles. The molecule has 0 radical (unpaired) electrons. The lowest BCUT2D eigenvalue weighted by Crippen LogP contribution is -2.32. The summed E-state index contributed by atoms with van der Waals surface area (Å²) in [7, 11) is 0. The third-order valence-electron chi connectivity index (χ3n) is 5.85. The van der Waals surface area contributed by atoms with Crippen LogP contribution in [-0.2, 0) is 13.1 Å². The fraction of sp³-hybridized carbons (Fsp3) is 0.231. The van der Waals surface area contributed by atoms with Gasteiger partial charge >= 0.3 is 0 Å². The second kappa shape index (κ2) is 9.25. The average Bonchev–Trinajstić information content (AvgIpc) is 3.46. The van der Waals surface area contributed by atoms with Crippen molar-refractivity contribution in [2.45, 2.75) is 25.6 Å². The van der Waals surface area contributed by atoms with E-state index in [4.69, 9.17) is 5.10 Å².